The summed E-state index contributed by atoms with van der Waals surface area (Å²) in [6.45, 7) is 3.99. The molecule has 136 valence electrons. The van der Waals surface area contributed by atoms with Gasteiger partial charge < -0.3 is 14.4 Å². The largest absolute Gasteiger partial charge is 0.468 e. The summed E-state index contributed by atoms with van der Waals surface area (Å²) in [6.07, 6.45) is 0.525. The van der Waals surface area contributed by atoms with Gasteiger partial charge in [0.1, 0.15) is 0 Å². The van der Waals surface area contributed by atoms with Gasteiger partial charge in [-0.05, 0) is 31.7 Å². The van der Waals surface area contributed by atoms with E-state index in [1.165, 1.54) is 21.1 Å². The number of ether oxygens (including phenoxy) is 2. The van der Waals surface area contributed by atoms with Crippen LogP contribution in [0.2, 0.25) is 0 Å². The van der Waals surface area contributed by atoms with Crippen LogP contribution in [-0.4, -0.2) is 43.5 Å². The number of carbonyl (C=O) groups excluding carboxylic acids is 3. The van der Waals surface area contributed by atoms with E-state index in [-0.39, 0.29) is 24.3 Å². The van der Waals surface area contributed by atoms with Gasteiger partial charge in [-0.25, -0.2) is 0 Å². The lowest BCUT2D eigenvalue weighted by molar-refractivity contribution is -0.169. The second-order valence-corrected chi connectivity index (χ2v) is 6.72. The molecule has 0 aliphatic carbocycles. The minimum Gasteiger partial charge on any atom is -0.468 e. The first-order valence-electron chi connectivity index (χ1n) is 8.34. The van der Waals surface area contributed by atoms with Crippen molar-refractivity contribution in [2.24, 2.45) is 11.3 Å². The van der Waals surface area contributed by atoms with Crippen LogP contribution in [0.3, 0.4) is 0 Å². The van der Waals surface area contributed by atoms with Crippen molar-refractivity contribution in [2.45, 2.75) is 32.7 Å². The van der Waals surface area contributed by atoms with Gasteiger partial charge in [-0.1, -0.05) is 30.3 Å². The van der Waals surface area contributed by atoms with Crippen LogP contribution in [0, 0.1) is 11.3 Å². The molecule has 2 atom stereocenters. The van der Waals surface area contributed by atoms with Crippen LogP contribution in [0.5, 0.6) is 0 Å². The third kappa shape index (κ3) is 3.83. The van der Waals surface area contributed by atoms with E-state index in [1.54, 1.807) is 4.90 Å². The van der Waals surface area contributed by atoms with Gasteiger partial charge >= 0.3 is 11.9 Å². The first-order valence-corrected chi connectivity index (χ1v) is 8.34. The SMILES string of the molecule is COC(=O)C(C)(C[C@H]1CC(=O)N([C@@H](C)c2ccccc2)C1)C(=O)OC. The van der Waals surface area contributed by atoms with Gasteiger partial charge in [0.05, 0.1) is 20.3 Å². The molecule has 1 heterocycles. The van der Waals surface area contributed by atoms with Gasteiger partial charge in [-0.3, -0.25) is 14.4 Å². The first-order chi connectivity index (χ1) is 11.8. The molecule has 1 aromatic carbocycles. The standard InChI is InChI=1S/C19H25NO5/c1-13(15-8-6-5-7-9-15)20-12-14(10-16(20)21)11-19(2,17(22)24-3)18(23)25-4/h5-9,13-14H,10-12H2,1-4H3/t13-,14+/m0/s1. The van der Waals surface area contributed by atoms with Crippen molar-refractivity contribution in [3.05, 3.63) is 35.9 Å². The third-order valence-corrected chi connectivity index (χ3v) is 4.96. The monoisotopic (exact) mass is 347 g/mol. The Morgan fingerprint density at radius 3 is 2.28 bits per heavy atom. The lowest BCUT2D eigenvalue weighted by Crippen LogP contribution is -2.40. The Balaban J connectivity index is 2.13. The summed E-state index contributed by atoms with van der Waals surface area (Å²) in [6, 6.07) is 9.73. The third-order valence-electron chi connectivity index (χ3n) is 4.96. The Kier molecular flexibility index (Phi) is 5.82. The second kappa shape index (κ2) is 7.68. The highest BCUT2D eigenvalue weighted by Crippen LogP contribution is 2.36. The Morgan fingerprint density at radius 2 is 1.76 bits per heavy atom. The van der Waals surface area contributed by atoms with Crippen molar-refractivity contribution in [3.8, 4) is 0 Å². The summed E-state index contributed by atoms with van der Waals surface area (Å²) >= 11 is 0. The summed E-state index contributed by atoms with van der Waals surface area (Å²) in [4.78, 5) is 38.5. The van der Waals surface area contributed by atoms with E-state index in [9.17, 15) is 14.4 Å². The van der Waals surface area contributed by atoms with Gasteiger partial charge in [-0.15, -0.1) is 0 Å². The van der Waals surface area contributed by atoms with Crippen molar-refractivity contribution < 1.29 is 23.9 Å². The number of rotatable bonds is 6. The van der Waals surface area contributed by atoms with E-state index in [2.05, 4.69) is 0 Å². The molecule has 2 rings (SSSR count). The van der Waals surface area contributed by atoms with E-state index in [0.29, 0.717) is 13.0 Å². The maximum Gasteiger partial charge on any atom is 0.322 e. The Bertz CT molecular complexity index is 626. The number of esters is 2. The van der Waals surface area contributed by atoms with Crippen LogP contribution in [0.25, 0.3) is 0 Å². The highest BCUT2D eigenvalue weighted by atomic mass is 16.5. The van der Waals surface area contributed by atoms with E-state index >= 15 is 0 Å². The normalized spacial score (nSPS) is 18.8. The van der Waals surface area contributed by atoms with Crippen molar-refractivity contribution in [1.29, 1.82) is 0 Å². The molecule has 1 saturated heterocycles. The minimum atomic E-state index is -1.40. The molecule has 6 heteroatoms. The zero-order valence-electron chi connectivity index (χ0n) is 15.2. The van der Waals surface area contributed by atoms with E-state index in [4.69, 9.17) is 9.47 Å². The van der Waals surface area contributed by atoms with Crippen molar-refractivity contribution in [2.75, 3.05) is 20.8 Å². The van der Waals surface area contributed by atoms with Gasteiger partial charge in [0, 0.05) is 13.0 Å². The molecule has 0 N–H and O–H groups in total. The molecule has 1 aliphatic heterocycles. The second-order valence-electron chi connectivity index (χ2n) is 6.72. The molecule has 6 nitrogen and oxygen atoms in total. The molecule has 0 spiro atoms. The Labute approximate surface area is 148 Å². The van der Waals surface area contributed by atoms with Crippen molar-refractivity contribution in [3.63, 3.8) is 0 Å². The number of hydrogen-bond acceptors (Lipinski definition) is 5. The number of hydrogen-bond donors (Lipinski definition) is 0. The molecule has 0 bridgehead atoms. The van der Waals surface area contributed by atoms with Gasteiger partial charge in [0.25, 0.3) is 0 Å². The molecule has 0 saturated carbocycles. The summed E-state index contributed by atoms with van der Waals surface area (Å²) < 4.78 is 9.56. The number of methoxy groups -OCH3 is 2. The van der Waals surface area contributed by atoms with E-state index in [0.717, 1.165) is 5.56 Å². The number of benzene rings is 1. The molecule has 1 aromatic rings. The highest BCUT2D eigenvalue weighted by molar-refractivity contribution is 5.99. The fraction of sp³-hybridized carbons (Fsp3) is 0.526. The zero-order valence-corrected chi connectivity index (χ0v) is 15.2. The van der Waals surface area contributed by atoms with Crippen molar-refractivity contribution >= 4 is 17.8 Å². The van der Waals surface area contributed by atoms with Crippen LogP contribution < -0.4 is 0 Å². The van der Waals surface area contributed by atoms with Crippen LogP contribution in [0.1, 0.15) is 38.3 Å². The number of nitrogens with zero attached hydrogens (tertiary/aromatic N) is 1. The smallest absolute Gasteiger partial charge is 0.322 e. The van der Waals surface area contributed by atoms with Crippen LogP contribution in [0.15, 0.2) is 30.3 Å². The molecule has 0 aromatic heterocycles. The lowest BCUT2D eigenvalue weighted by Gasteiger charge is -2.28. The van der Waals surface area contributed by atoms with Crippen molar-refractivity contribution in [1.82, 2.24) is 4.90 Å². The van der Waals surface area contributed by atoms with E-state index in [1.807, 2.05) is 37.3 Å². The van der Waals surface area contributed by atoms with Crippen LogP contribution in [-0.2, 0) is 23.9 Å². The molecule has 25 heavy (non-hydrogen) atoms. The van der Waals surface area contributed by atoms with Gasteiger partial charge in [-0.2, -0.15) is 0 Å². The topological polar surface area (TPSA) is 72.9 Å². The first kappa shape index (κ1) is 19.0. The number of likely N-dealkylation sites (tertiary alicyclic amines) is 1. The average molecular weight is 347 g/mol. The zero-order chi connectivity index (χ0) is 18.6. The molecule has 1 fully saturated rings. The Hall–Kier alpha value is -2.37. The fourth-order valence-corrected chi connectivity index (χ4v) is 3.51. The minimum absolute atomic E-state index is 0.0263. The molecular formula is C19H25NO5. The molecular weight excluding hydrogens is 322 g/mol. The van der Waals surface area contributed by atoms with E-state index < -0.39 is 17.4 Å². The fourth-order valence-electron chi connectivity index (χ4n) is 3.51. The van der Waals surface area contributed by atoms with Crippen LogP contribution >= 0.6 is 0 Å². The molecule has 0 unspecified atom stereocenters. The predicted molar refractivity (Wildman–Crippen MR) is 91.4 cm³/mol. The number of amides is 1. The highest BCUT2D eigenvalue weighted by Gasteiger charge is 2.47. The molecule has 1 amide bonds. The van der Waals surface area contributed by atoms with Gasteiger partial charge in [0.15, 0.2) is 5.41 Å². The van der Waals surface area contributed by atoms with Gasteiger partial charge in [0.2, 0.25) is 5.91 Å². The quantitative estimate of drug-likeness (QED) is 0.583. The maximum atomic E-state index is 12.5. The lowest BCUT2D eigenvalue weighted by atomic mass is 9.80. The predicted octanol–water partition coefficient (Wildman–Crippen LogP) is 2.34. The summed E-state index contributed by atoms with van der Waals surface area (Å²) in [5, 5.41) is 0. The average Bonchev–Trinajstić information content (AvgIpc) is 2.99. The van der Waals surface area contributed by atoms with Crippen LogP contribution in [0.4, 0.5) is 0 Å². The summed E-state index contributed by atoms with van der Waals surface area (Å²) in [5.74, 6) is -1.36. The number of carbonyl (C=O) groups is 3. The molecule has 1 aliphatic rings. The molecule has 0 radical (unpaired) electrons. The Morgan fingerprint density at radius 1 is 1.20 bits per heavy atom. The summed E-state index contributed by atoms with van der Waals surface area (Å²) in [5.41, 5.74) is -0.347. The summed E-state index contributed by atoms with van der Waals surface area (Å²) in [7, 11) is 2.49. The maximum absolute atomic E-state index is 12.5.